The van der Waals surface area contributed by atoms with Gasteiger partial charge >= 0.3 is 0 Å². The normalized spacial score (nSPS) is 13.8. The quantitative estimate of drug-likeness (QED) is 0.813. The molecule has 0 aliphatic heterocycles. The number of hydrogen-bond donors (Lipinski definition) is 1. The van der Waals surface area contributed by atoms with E-state index in [9.17, 15) is 0 Å². The van der Waals surface area contributed by atoms with Crippen molar-refractivity contribution in [3.05, 3.63) is 39.4 Å². The van der Waals surface area contributed by atoms with Gasteiger partial charge in [0, 0.05) is 16.1 Å². The molecule has 1 atom stereocenters. The Balaban J connectivity index is 2.82. The third-order valence-corrected chi connectivity index (χ3v) is 3.30. The van der Waals surface area contributed by atoms with Crippen molar-refractivity contribution in [2.75, 3.05) is 6.54 Å². The van der Waals surface area contributed by atoms with Crippen molar-refractivity contribution in [1.29, 1.82) is 0 Å². The molecule has 0 spiro atoms. The molecule has 0 aliphatic carbocycles. The lowest BCUT2D eigenvalue weighted by Crippen LogP contribution is -2.27. The van der Waals surface area contributed by atoms with Gasteiger partial charge in [0.15, 0.2) is 0 Å². The SMILES string of the molecule is CCCNC(C)/C(C)=C/c1cc(Cl)ccc1Cl. The minimum atomic E-state index is 0.352. The number of nitrogens with one attached hydrogen (secondary N) is 1. The van der Waals surface area contributed by atoms with Crippen molar-refractivity contribution in [3.63, 3.8) is 0 Å². The molecule has 1 N–H and O–H groups in total. The van der Waals surface area contributed by atoms with Crippen LogP contribution >= 0.6 is 23.2 Å². The fraction of sp³-hybridized carbons (Fsp3) is 0.429. The minimum absolute atomic E-state index is 0.352. The molecule has 3 heteroatoms. The lowest BCUT2D eigenvalue weighted by Gasteiger charge is -2.14. The molecule has 0 amide bonds. The summed E-state index contributed by atoms with van der Waals surface area (Å²) in [5, 5.41) is 4.89. The van der Waals surface area contributed by atoms with Crippen LogP contribution in [0.5, 0.6) is 0 Å². The number of halogens is 2. The van der Waals surface area contributed by atoms with E-state index in [0.29, 0.717) is 11.1 Å². The zero-order valence-electron chi connectivity index (χ0n) is 10.6. The first-order valence-electron chi connectivity index (χ1n) is 5.91. The van der Waals surface area contributed by atoms with E-state index in [2.05, 4.69) is 32.2 Å². The molecule has 0 bridgehead atoms. The molecule has 94 valence electrons. The van der Waals surface area contributed by atoms with Gasteiger partial charge in [-0.05, 0) is 50.6 Å². The van der Waals surface area contributed by atoms with Crippen molar-refractivity contribution < 1.29 is 0 Å². The van der Waals surface area contributed by atoms with E-state index in [1.54, 1.807) is 6.07 Å². The van der Waals surface area contributed by atoms with Crippen LogP contribution in [0.3, 0.4) is 0 Å². The van der Waals surface area contributed by atoms with Crippen LogP contribution in [-0.4, -0.2) is 12.6 Å². The molecule has 0 saturated heterocycles. The first kappa shape index (κ1) is 14.6. The molecule has 1 aromatic rings. The van der Waals surface area contributed by atoms with Gasteiger partial charge in [-0.2, -0.15) is 0 Å². The molecular formula is C14H19Cl2N. The van der Waals surface area contributed by atoms with E-state index in [1.807, 2.05) is 12.1 Å². The second-order valence-electron chi connectivity index (χ2n) is 4.23. The van der Waals surface area contributed by atoms with Crippen LogP contribution in [0.25, 0.3) is 6.08 Å². The Hall–Kier alpha value is -0.500. The van der Waals surface area contributed by atoms with Gasteiger partial charge in [-0.1, -0.05) is 41.8 Å². The maximum absolute atomic E-state index is 6.13. The topological polar surface area (TPSA) is 12.0 Å². The average molecular weight is 272 g/mol. The predicted molar refractivity (Wildman–Crippen MR) is 77.9 cm³/mol. The molecule has 0 saturated carbocycles. The van der Waals surface area contributed by atoms with Crippen LogP contribution < -0.4 is 5.32 Å². The molecule has 0 radical (unpaired) electrons. The highest BCUT2D eigenvalue weighted by atomic mass is 35.5. The molecule has 0 fully saturated rings. The molecular weight excluding hydrogens is 253 g/mol. The molecule has 1 unspecified atom stereocenters. The monoisotopic (exact) mass is 271 g/mol. The van der Waals surface area contributed by atoms with Gasteiger partial charge in [-0.3, -0.25) is 0 Å². The fourth-order valence-electron chi connectivity index (χ4n) is 1.52. The standard InChI is InChI=1S/C14H19Cl2N/c1-4-7-17-11(3)10(2)8-12-9-13(15)5-6-14(12)16/h5-6,8-9,11,17H,4,7H2,1-3H3/b10-8+. The third kappa shape index (κ3) is 4.71. The Labute approximate surface area is 114 Å². The van der Waals surface area contributed by atoms with Crippen LogP contribution in [0.4, 0.5) is 0 Å². The van der Waals surface area contributed by atoms with Gasteiger partial charge < -0.3 is 5.32 Å². The third-order valence-electron chi connectivity index (χ3n) is 2.72. The summed E-state index contributed by atoms with van der Waals surface area (Å²) in [5.41, 5.74) is 2.23. The fourth-order valence-corrected chi connectivity index (χ4v) is 1.87. The first-order chi connectivity index (χ1) is 8.04. The molecule has 0 aromatic heterocycles. The molecule has 1 nitrogen and oxygen atoms in total. The highest BCUT2D eigenvalue weighted by molar-refractivity contribution is 6.34. The maximum atomic E-state index is 6.13. The van der Waals surface area contributed by atoms with E-state index in [4.69, 9.17) is 23.2 Å². The van der Waals surface area contributed by atoms with Gasteiger partial charge in [0.25, 0.3) is 0 Å². The molecule has 0 aliphatic rings. The number of benzene rings is 1. The number of hydrogen-bond acceptors (Lipinski definition) is 1. The van der Waals surface area contributed by atoms with Gasteiger partial charge in [-0.15, -0.1) is 0 Å². The van der Waals surface area contributed by atoms with Crippen molar-refractivity contribution in [3.8, 4) is 0 Å². The summed E-state index contributed by atoms with van der Waals surface area (Å²) in [6, 6.07) is 5.87. The lowest BCUT2D eigenvalue weighted by molar-refractivity contribution is 0.604. The van der Waals surface area contributed by atoms with Crippen molar-refractivity contribution in [2.24, 2.45) is 0 Å². The summed E-state index contributed by atoms with van der Waals surface area (Å²) >= 11 is 12.1. The van der Waals surface area contributed by atoms with Crippen molar-refractivity contribution in [2.45, 2.75) is 33.2 Å². The highest BCUT2D eigenvalue weighted by Crippen LogP contribution is 2.23. The molecule has 17 heavy (non-hydrogen) atoms. The summed E-state index contributed by atoms with van der Waals surface area (Å²) in [5.74, 6) is 0. The van der Waals surface area contributed by atoms with Crippen LogP contribution in [-0.2, 0) is 0 Å². The van der Waals surface area contributed by atoms with E-state index in [-0.39, 0.29) is 0 Å². The van der Waals surface area contributed by atoms with Crippen LogP contribution in [0.2, 0.25) is 10.0 Å². The Bertz CT molecular complexity index is 399. The van der Waals surface area contributed by atoms with Gasteiger partial charge in [0.2, 0.25) is 0 Å². The molecule has 0 heterocycles. The largest absolute Gasteiger partial charge is 0.311 e. The first-order valence-corrected chi connectivity index (χ1v) is 6.66. The van der Waals surface area contributed by atoms with Crippen LogP contribution in [0, 0.1) is 0 Å². The van der Waals surface area contributed by atoms with Crippen LogP contribution in [0.15, 0.2) is 23.8 Å². The summed E-state index contributed by atoms with van der Waals surface area (Å²) in [6.07, 6.45) is 3.22. The van der Waals surface area contributed by atoms with E-state index in [0.717, 1.165) is 23.6 Å². The Kier molecular flexibility index (Phi) is 6.04. The summed E-state index contributed by atoms with van der Waals surface area (Å²) < 4.78 is 0. The summed E-state index contributed by atoms with van der Waals surface area (Å²) in [6.45, 7) is 7.44. The Morgan fingerprint density at radius 3 is 2.76 bits per heavy atom. The minimum Gasteiger partial charge on any atom is -0.311 e. The van der Waals surface area contributed by atoms with Gasteiger partial charge in [-0.25, -0.2) is 0 Å². The van der Waals surface area contributed by atoms with E-state index < -0.39 is 0 Å². The second kappa shape index (κ2) is 7.05. The zero-order chi connectivity index (χ0) is 12.8. The Morgan fingerprint density at radius 2 is 2.12 bits per heavy atom. The average Bonchev–Trinajstić information content (AvgIpc) is 2.30. The van der Waals surface area contributed by atoms with Crippen molar-refractivity contribution in [1.82, 2.24) is 5.32 Å². The van der Waals surface area contributed by atoms with E-state index >= 15 is 0 Å². The van der Waals surface area contributed by atoms with Crippen LogP contribution in [0.1, 0.15) is 32.8 Å². The lowest BCUT2D eigenvalue weighted by atomic mass is 10.1. The maximum Gasteiger partial charge on any atom is 0.0479 e. The predicted octanol–water partition coefficient (Wildman–Crippen LogP) is 4.78. The second-order valence-corrected chi connectivity index (χ2v) is 5.07. The zero-order valence-corrected chi connectivity index (χ0v) is 12.1. The Morgan fingerprint density at radius 1 is 1.41 bits per heavy atom. The molecule has 1 rings (SSSR count). The smallest absolute Gasteiger partial charge is 0.0479 e. The molecule has 1 aromatic carbocycles. The highest BCUT2D eigenvalue weighted by Gasteiger charge is 2.04. The van der Waals surface area contributed by atoms with Gasteiger partial charge in [0.1, 0.15) is 0 Å². The van der Waals surface area contributed by atoms with Gasteiger partial charge in [0.05, 0.1) is 0 Å². The summed E-state index contributed by atoms with van der Waals surface area (Å²) in [4.78, 5) is 0. The number of rotatable bonds is 5. The summed E-state index contributed by atoms with van der Waals surface area (Å²) in [7, 11) is 0. The van der Waals surface area contributed by atoms with Crippen molar-refractivity contribution >= 4 is 29.3 Å². The van der Waals surface area contributed by atoms with E-state index in [1.165, 1.54) is 5.57 Å².